The Morgan fingerprint density at radius 2 is 1.81 bits per heavy atom. The van der Waals surface area contributed by atoms with Gasteiger partial charge in [0.05, 0.1) is 16.9 Å². The molecule has 0 aromatic heterocycles. The van der Waals surface area contributed by atoms with Gasteiger partial charge >= 0.3 is 0 Å². The van der Waals surface area contributed by atoms with Crippen molar-refractivity contribution in [2.24, 2.45) is 10.4 Å². The maximum atomic E-state index is 13.7. The van der Waals surface area contributed by atoms with Gasteiger partial charge in [-0.05, 0) is 42.3 Å². The molecule has 0 atom stereocenters. The van der Waals surface area contributed by atoms with Crippen molar-refractivity contribution in [3.63, 3.8) is 0 Å². The van der Waals surface area contributed by atoms with Crippen molar-refractivity contribution in [2.45, 2.75) is 27.3 Å². The number of amides is 1. The molecule has 0 unspecified atom stereocenters. The molecular formula is C29H35N7O. The van der Waals surface area contributed by atoms with Crippen LogP contribution in [-0.4, -0.2) is 72.9 Å². The largest absolute Gasteiger partial charge is 0.345 e. The second kappa shape index (κ2) is 10.0. The normalized spacial score (nSPS) is 18.2. The smallest absolute Gasteiger partial charge is 0.259 e. The molecule has 3 heterocycles. The third-order valence-corrected chi connectivity index (χ3v) is 6.96. The van der Waals surface area contributed by atoms with E-state index in [-0.39, 0.29) is 18.0 Å². The lowest BCUT2D eigenvalue weighted by molar-refractivity contribution is 0.0987. The molecule has 1 amide bonds. The molecule has 2 aromatic carbocycles. The predicted molar refractivity (Wildman–Crippen MR) is 147 cm³/mol. The van der Waals surface area contributed by atoms with Crippen LogP contribution in [0.25, 0.3) is 0 Å². The van der Waals surface area contributed by atoms with Crippen LogP contribution in [0.5, 0.6) is 0 Å². The molecule has 0 aliphatic carbocycles. The van der Waals surface area contributed by atoms with Crippen LogP contribution in [0.1, 0.15) is 42.3 Å². The molecule has 5 rings (SSSR count). The van der Waals surface area contributed by atoms with Crippen molar-refractivity contribution >= 4 is 23.1 Å². The molecule has 1 fully saturated rings. The van der Waals surface area contributed by atoms with Crippen LogP contribution in [0.4, 0.5) is 11.4 Å². The Labute approximate surface area is 219 Å². The molecule has 0 bridgehead atoms. The van der Waals surface area contributed by atoms with Crippen LogP contribution in [0, 0.1) is 16.7 Å². The van der Waals surface area contributed by atoms with Crippen LogP contribution in [0.2, 0.25) is 0 Å². The highest BCUT2D eigenvalue weighted by Gasteiger charge is 2.33. The number of nitrogens with zero attached hydrogens (tertiary/aromatic N) is 6. The number of allylic oxidation sites excluding steroid dienone is 1. The summed E-state index contributed by atoms with van der Waals surface area (Å²) >= 11 is 0. The summed E-state index contributed by atoms with van der Waals surface area (Å²) in [5.74, 6) is 0.701. The molecule has 192 valence electrons. The number of nitriles is 1. The number of carbonyl (C=O) groups excluding carboxylic acids is 1. The summed E-state index contributed by atoms with van der Waals surface area (Å²) in [5, 5.41) is 13.0. The van der Waals surface area contributed by atoms with E-state index in [1.165, 1.54) is 5.56 Å². The summed E-state index contributed by atoms with van der Waals surface area (Å²) in [4.78, 5) is 27.1. The average molecular weight is 498 g/mol. The fourth-order valence-electron chi connectivity index (χ4n) is 5.06. The minimum absolute atomic E-state index is 0.0160. The number of anilines is 2. The van der Waals surface area contributed by atoms with Crippen LogP contribution < -0.4 is 10.2 Å². The van der Waals surface area contributed by atoms with Gasteiger partial charge in [0, 0.05) is 51.0 Å². The Balaban J connectivity index is 1.40. The number of rotatable bonds is 4. The third kappa shape index (κ3) is 5.38. The molecule has 0 spiro atoms. The van der Waals surface area contributed by atoms with E-state index in [2.05, 4.69) is 61.1 Å². The standard InChI is InChI=1S/C29H35N7O/c1-29(2,3)19-35-18-23(16-30)32-24-6-5-7-25-26(24)27(35)31-20-36(25)28(37)22-10-8-21(9-11-22)17-34-14-12-33(4)13-15-34/h5-11,18,32H,12-15,17,19-20H2,1-4H3. The SMILES string of the molecule is CN1CCN(Cc2ccc(C(=O)N3CN=C4c5c(cccc53)NC(C#N)=CN4CC(C)(C)C)cc2)CC1. The predicted octanol–water partition coefficient (Wildman–Crippen LogP) is 3.94. The van der Waals surface area contributed by atoms with Crippen molar-refractivity contribution in [2.75, 3.05) is 56.7 Å². The zero-order valence-electron chi connectivity index (χ0n) is 22.2. The molecule has 1 saturated heterocycles. The summed E-state index contributed by atoms with van der Waals surface area (Å²) < 4.78 is 0. The van der Waals surface area contributed by atoms with E-state index < -0.39 is 0 Å². The summed E-state index contributed by atoms with van der Waals surface area (Å²) in [5.41, 5.74) is 4.71. The fourth-order valence-corrected chi connectivity index (χ4v) is 5.06. The molecular weight excluding hydrogens is 462 g/mol. The first-order valence-corrected chi connectivity index (χ1v) is 12.9. The first kappa shape index (κ1) is 25.0. The van der Waals surface area contributed by atoms with Gasteiger partial charge in [-0.15, -0.1) is 0 Å². The average Bonchev–Trinajstić information content (AvgIpc) is 3.02. The Kier molecular flexibility index (Phi) is 6.76. The van der Waals surface area contributed by atoms with Gasteiger partial charge in [-0.2, -0.15) is 5.26 Å². The highest BCUT2D eigenvalue weighted by molar-refractivity contribution is 6.16. The van der Waals surface area contributed by atoms with Gasteiger partial charge in [0.15, 0.2) is 0 Å². The first-order chi connectivity index (χ1) is 17.7. The van der Waals surface area contributed by atoms with Crippen molar-refractivity contribution in [3.05, 3.63) is 71.1 Å². The van der Waals surface area contributed by atoms with Crippen LogP contribution in [0.3, 0.4) is 0 Å². The molecule has 37 heavy (non-hydrogen) atoms. The fraction of sp³-hybridized carbons (Fsp3) is 0.414. The maximum Gasteiger partial charge on any atom is 0.259 e. The summed E-state index contributed by atoms with van der Waals surface area (Å²) in [6, 6.07) is 16.0. The minimum atomic E-state index is -0.0811. The summed E-state index contributed by atoms with van der Waals surface area (Å²) in [7, 11) is 2.16. The first-order valence-electron chi connectivity index (χ1n) is 12.9. The lowest BCUT2D eigenvalue weighted by atomic mass is 9.95. The van der Waals surface area contributed by atoms with Crippen molar-refractivity contribution < 1.29 is 4.79 Å². The molecule has 3 aliphatic heterocycles. The van der Waals surface area contributed by atoms with Crippen molar-refractivity contribution in [3.8, 4) is 6.07 Å². The van der Waals surface area contributed by atoms with Gasteiger partial charge in [-0.1, -0.05) is 39.0 Å². The second-order valence-electron chi connectivity index (χ2n) is 11.3. The molecule has 1 N–H and O–H groups in total. The van der Waals surface area contributed by atoms with E-state index >= 15 is 0 Å². The van der Waals surface area contributed by atoms with E-state index in [1.807, 2.05) is 41.4 Å². The Morgan fingerprint density at radius 3 is 2.49 bits per heavy atom. The van der Waals surface area contributed by atoms with Gasteiger partial charge in [0.1, 0.15) is 24.3 Å². The molecule has 2 aromatic rings. The molecule has 3 aliphatic rings. The van der Waals surface area contributed by atoms with Gasteiger partial charge in [-0.3, -0.25) is 14.6 Å². The highest BCUT2D eigenvalue weighted by Crippen LogP contribution is 2.36. The van der Waals surface area contributed by atoms with E-state index in [4.69, 9.17) is 4.99 Å². The topological polar surface area (TPSA) is 78.2 Å². The van der Waals surface area contributed by atoms with Crippen LogP contribution in [0.15, 0.2) is 59.4 Å². The van der Waals surface area contributed by atoms with E-state index in [0.717, 1.165) is 55.5 Å². The number of nitrogens with one attached hydrogen (secondary N) is 1. The quantitative estimate of drug-likeness (QED) is 0.690. The van der Waals surface area contributed by atoms with Crippen molar-refractivity contribution in [1.29, 1.82) is 5.26 Å². The molecule has 8 nitrogen and oxygen atoms in total. The number of carbonyl (C=O) groups is 1. The Bertz CT molecular complexity index is 1270. The van der Waals surface area contributed by atoms with Crippen LogP contribution in [-0.2, 0) is 6.54 Å². The zero-order chi connectivity index (χ0) is 26.2. The van der Waals surface area contributed by atoms with Gasteiger partial charge in [-0.25, -0.2) is 4.99 Å². The minimum Gasteiger partial charge on any atom is -0.345 e. The highest BCUT2D eigenvalue weighted by atomic mass is 16.2. The van der Waals surface area contributed by atoms with E-state index in [1.54, 1.807) is 4.90 Å². The Hall–Kier alpha value is -3.67. The van der Waals surface area contributed by atoms with E-state index in [9.17, 15) is 10.1 Å². The number of hydrogen-bond donors (Lipinski definition) is 1. The molecule has 0 saturated carbocycles. The number of likely N-dealkylation sites (N-methyl/N-ethyl adjacent to an activating group) is 1. The second-order valence-corrected chi connectivity index (χ2v) is 11.3. The number of benzene rings is 2. The van der Waals surface area contributed by atoms with Crippen molar-refractivity contribution in [1.82, 2.24) is 14.7 Å². The molecule has 0 radical (unpaired) electrons. The summed E-state index contributed by atoms with van der Waals surface area (Å²) in [6.07, 6.45) is 1.82. The number of aliphatic imine (C=N–C) groups is 1. The Morgan fingerprint density at radius 1 is 1.08 bits per heavy atom. The number of amidine groups is 1. The summed E-state index contributed by atoms with van der Waals surface area (Å²) in [6.45, 7) is 12.6. The number of piperazine rings is 1. The molecule has 8 heteroatoms. The zero-order valence-corrected chi connectivity index (χ0v) is 22.2. The van der Waals surface area contributed by atoms with Crippen LogP contribution >= 0.6 is 0 Å². The lowest BCUT2D eigenvalue weighted by Crippen LogP contribution is -2.43. The van der Waals surface area contributed by atoms with Gasteiger partial charge in [0.2, 0.25) is 0 Å². The number of hydrogen-bond acceptors (Lipinski definition) is 7. The van der Waals surface area contributed by atoms with Gasteiger partial charge < -0.3 is 15.1 Å². The third-order valence-electron chi connectivity index (χ3n) is 6.96. The van der Waals surface area contributed by atoms with E-state index in [0.29, 0.717) is 17.8 Å². The monoisotopic (exact) mass is 497 g/mol. The maximum absolute atomic E-state index is 13.7. The van der Waals surface area contributed by atoms with Gasteiger partial charge in [0.25, 0.3) is 5.91 Å². The lowest BCUT2D eigenvalue weighted by Gasteiger charge is -2.35.